The van der Waals surface area contributed by atoms with Gasteiger partial charge in [-0.25, -0.2) is 0 Å². The van der Waals surface area contributed by atoms with E-state index in [1.54, 1.807) is 12.1 Å². The molecule has 0 aliphatic heterocycles. The summed E-state index contributed by atoms with van der Waals surface area (Å²) in [5, 5.41) is 23.9. The van der Waals surface area contributed by atoms with Gasteiger partial charge in [-0.2, -0.15) is 0 Å². The summed E-state index contributed by atoms with van der Waals surface area (Å²) in [6.07, 6.45) is 0.290. The number of nitro groups is 1. The Hall–Kier alpha value is -1.46. The molecule has 20 heavy (non-hydrogen) atoms. The minimum atomic E-state index is -0.420. The molecule has 0 aliphatic carbocycles. The number of nitro benzene ring substituents is 1. The first kappa shape index (κ1) is 16.6. The minimum absolute atomic E-state index is 0.0375. The number of nitrogens with zero attached hydrogens (tertiary/aromatic N) is 1. The number of non-ortho nitro benzene ring substituents is 1. The van der Waals surface area contributed by atoms with Gasteiger partial charge in [-0.15, -0.1) is 0 Å². The molecule has 0 aliphatic rings. The minimum Gasteiger partial charge on any atom is -0.392 e. The van der Waals surface area contributed by atoms with Crippen LogP contribution in [0.1, 0.15) is 45.7 Å². The van der Waals surface area contributed by atoms with Gasteiger partial charge >= 0.3 is 0 Å². The third-order valence-electron chi connectivity index (χ3n) is 3.09. The van der Waals surface area contributed by atoms with Gasteiger partial charge in [-0.3, -0.25) is 10.1 Å². The Bertz CT molecular complexity index is 455. The molecule has 1 aromatic carbocycles. The van der Waals surface area contributed by atoms with Crippen molar-refractivity contribution in [3.63, 3.8) is 0 Å². The molecule has 0 saturated carbocycles. The Morgan fingerprint density at radius 1 is 1.40 bits per heavy atom. The molecule has 2 atom stereocenters. The Morgan fingerprint density at radius 2 is 2.05 bits per heavy atom. The van der Waals surface area contributed by atoms with Crippen molar-refractivity contribution in [3.8, 4) is 0 Å². The fraction of sp³-hybridized carbons (Fsp3) is 0.600. The highest BCUT2D eigenvalue weighted by Gasteiger charge is 2.17. The average molecular weight is 280 g/mol. The fourth-order valence-corrected chi connectivity index (χ4v) is 2.12. The highest BCUT2D eigenvalue weighted by Crippen LogP contribution is 2.22. The lowest BCUT2D eigenvalue weighted by Gasteiger charge is -2.24. The monoisotopic (exact) mass is 280 g/mol. The van der Waals surface area contributed by atoms with Gasteiger partial charge in [0.2, 0.25) is 0 Å². The van der Waals surface area contributed by atoms with E-state index in [1.807, 2.05) is 13.0 Å². The van der Waals surface area contributed by atoms with Crippen LogP contribution in [0.2, 0.25) is 0 Å². The molecular weight excluding hydrogens is 256 g/mol. The van der Waals surface area contributed by atoms with E-state index in [0.717, 1.165) is 5.56 Å². The summed E-state index contributed by atoms with van der Waals surface area (Å²) in [5.74, 6) is 0. The molecule has 0 aromatic heterocycles. The standard InChI is InChI=1S/C15H24N2O3/c1-11(16-10-14(18)9-15(2,3)4)12-6-5-7-13(8-12)17(19)20/h5-8,11,14,16,18H,9-10H2,1-4H3. The topological polar surface area (TPSA) is 75.4 Å². The van der Waals surface area contributed by atoms with Gasteiger partial charge in [0.1, 0.15) is 0 Å². The predicted octanol–water partition coefficient (Wildman–Crippen LogP) is 3.04. The summed E-state index contributed by atoms with van der Waals surface area (Å²) in [4.78, 5) is 10.3. The molecule has 1 rings (SSSR count). The second-order valence-electron chi connectivity index (χ2n) is 6.40. The molecule has 0 spiro atoms. The number of rotatable bonds is 6. The molecule has 0 radical (unpaired) electrons. The van der Waals surface area contributed by atoms with Crippen molar-refractivity contribution in [2.75, 3.05) is 6.54 Å². The van der Waals surface area contributed by atoms with Crippen molar-refractivity contribution in [1.82, 2.24) is 5.32 Å². The molecule has 5 nitrogen and oxygen atoms in total. The van der Waals surface area contributed by atoms with Gasteiger partial charge in [-0.05, 0) is 24.3 Å². The van der Waals surface area contributed by atoms with Crippen LogP contribution in [0.4, 0.5) is 5.69 Å². The van der Waals surface area contributed by atoms with Crippen molar-refractivity contribution < 1.29 is 10.0 Å². The number of aliphatic hydroxyl groups excluding tert-OH is 1. The Morgan fingerprint density at radius 3 is 2.60 bits per heavy atom. The van der Waals surface area contributed by atoms with Crippen molar-refractivity contribution in [2.24, 2.45) is 5.41 Å². The fourth-order valence-electron chi connectivity index (χ4n) is 2.12. The van der Waals surface area contributed by atoms with E-state index < -0.39 is 11.0 Å². The molecule has 0 fully saturated rings. The molecular formula is C15H24N2O3. The van der Waals surface area contributed by atoms with Crippen molar-refractivity contribution >= 4 is 5.69 Å². The maximum Gasteiger partial charge on any atom is 0.269 e. The van der Waals surface area contributed by atoms with Crippen molar-refractivity contribution in [2.45, 2.75) is 46.3 Å². The van der Waals surface area contributed by atoms with E-state index in [2.05, 4.69) is 26.1 Å². The van der Waals surface area contributed by atoms with E-state index in [4.69, 9.17) is 0 Å². The third-order valence-corrected chi connectivity index (χ3v) is 3.09. The van der Waals surface area contributed by atoms with E-state index in [-0.39, 0.29) is 17.1 Å². The van der Waals surface area contributed by atoms with Gasteiger partial charge in [0, 0.05) is 24.7 Å². The summed E-state index contributed by atoms with van der Waals surface area (Å²) < 4.78 is 0. The molecule has 1 aromatic rings. The first-order valence-electron chi connectivity index (χ1n) is 6.85. The third kappa shape index (κ3) is 5.67. The van der Waals surface area contributed by atoms with E-state index in [9.17, 15) is 15.2 Å². The first-order chi connectivity index (χ1) is 9.19. The van der Waals surface area contributed by atoms with Crippen LogP contribution in [0.25, 0.3) is 0 Å². The van der Waals surface area contributed by atoms with Gasteiger partial charge in [0.15, 0.2) is 0 Å². The number of benzene rings is 1. The summed E-state index contributed by atoms with van der Waals surface area (Å²) in [6.45, 7) is 8.66. The summed E-state index contributed by atoms with van der Waals surface area (Å²) in [6, 6.07) is 6.53. The molecule has 0 bridgehead atoms. The van der Waals surface area contributed by atoms with E-state index in [1.165, 1.54) is 6.07 Å². The zero-order valence-electron chi connectivity index (χ0n) is 12.6. The predicted molar refractivity (Wildman–Crippen MR) is 79.6 cm³/mol. The summed E-state index contributed by atoms with van der Waals surface area (Å²) >= 11 is 0. The van der Waals surface area contributed by atoms with Crippen LogP contribution in [0, 0.1) is 15.5 Å². The lowest BCUT2D eigenvalue weighted by molar-refractivity contribution is -0.384. The van der Waals surface area contributed by atoms with E-state index in [0.29, 0.717) is 13.0 Å². The van der Waals surface area contributed by atoms with Crippen LogP contribution >= 0.6 is 0 Å². The smallest absolute Gasteiger partial charge is 0.269 e. The number of hydrogen-bond donors (Lipinski definition) is 2. The number of aliphatic hydroxyl groups is 1. The lowest BCUT2D eigenvalue weighted by atomic mass is 9.89. The molecule has 0 saturated heterocycles. The Kier molecular flexibility index (Phi) is 5.65. The second kappa shape index (κ2) is 6.81. The molecule has 5 heteroatoms. The SMILES string of the molecule is CC(NCC(O)CC(C)(C)C)c1cccc([N+](=O)[O-])c1. The van der Waals surface area contributed by atoms with Gasteiger partial charge < -0.3 is 10.4 Å². The number of nitrogens with one attached hydrogen (secondary N) is 1. The van der Waals surface area contributed by atoms with Gasteiger partial charge in [0.05, 0.1) is 11.0 Å². The lowest BCUT2D eigenvalue weighted by Crippen LogP contribution is -2.31. The van der Waals surface area contributed by atoms with Crippen LogP contribution in [0.5, 0.6) is 0 Å². The summed E-state index contributed by atoms with van der Waals surface area (Å²) in [7, 11) is 0. The van der Waals surface area contributed by atoms with Gasteiger partial charge in [-0.1, -0.05) is 32.9 Å². The quantitative estimate of drug-likeness (QED) is 0.620. The largest absolute Gasteiger partial charge is 0.392 e. The van der Waals surface area contributed by atoms with Crippen LogP contribution < -0.4 is 5.32 Å². The molecule has 2 N–H and O–H groups in total. The highest BCUT2D eigenvalue weighted by atomic mass is 16.6. The zero-order valence-corrected chi connectivity index (χ0v) is 12.6. The van der Waals surface area contributed by atoms with Crippen molar-refractivity contribution in [3.05, 3.63) is 39.9 Å². The maximum absolute atomic E-state index is 10.7. The normalized spacial score (nSPS) is 14.8. The van der Waals surface area contributed by atoms with Crippen LogP contribution in [-0.2, 0) is 0 Å². The first-order valence-corrected chi connectivity index (χ1v) is 6.85. The molecule has 0 amide bonds. The Labute approximate surface area is 120 Å². The highest BCUT2D eigenvalue weighted by molar-refractivity contribution is 5.35. The average Bonchev–Trinajstić information content (AvgIpc) is 2.34. The van der Waals surface area contributed by atoms with Crippen LogP contribution in [-0.4, -0.2) is 22.7 Å². The van der Waals surface area contributed by atoms with Crippen molar-refractivity contribution in [1.29, 1.82) is 0 Å². The molecule has 112 valence electrons. The van der Waals surface area contributed by atoms with Crippen LogP contribution in [0.15, 0.2) is 24.3 Å². The second-order valence-corrected chi connectivity index (χ2v) is 6.40. The molecule has 0 heterocycles. The van der Waals surface area contributed by atoms with E-state index >= 15 is 0 Å². The zero-order chi connectivity index (χ0) is 15.3. The Balaban J connectivity index is 2.56. The number of hydrogen-bond acceptors (Lipinski definition) is 4. The summed E-state index contributed by atoms with van der Waals surface area (Å²) in [5.41, 5.74) is 1.02. The maximum atomic E-state index is 10.7. The van der Waals surface area contributed by atoms with Crippen LogP contribution in [0.3, 0.4) is 0 Å². The molecule has 2 unspecified atom stereocenters. The van der Waals surface area contributed by atoms with Gasteiger partial charge in [0.25, 0.3) is 5.69 Å².